The predicted octanol–water partition coefficient (Wildman–Crippen LogP) is 5.92. The van der Waals surface area contributed by atoms with E-state index in [9.17, 15) is 9.59 Å². The van der Waals surface area contributed by atoms with Gasteiger partial charge in [-0.05, 0) is 55.3 Å². The standard InChI is InChI=1S/C32H32N6O2S2/c33-16-8-18-37(31-35-21-27(41-31)23-10-3-1-4-11-23)29(39)25-14-7-15-26(20-25)30(40)38(19-9-17-34)32-36-22-28(42-32)24-12-5-2-6-13-24/h1-7,10-15,20-22H,8-9,16-19,33-34H2. The zero-order chi connectivity index (χ0) is 29.3. The molecule has 0 atom stereocenters. The summed E-state index contributed by atoms with van der Waals surface area (Å²) >= 11 is 2.90. The van der Waals surface area contributed by atoms with Crippen LogP contribution in [-0.2, 0) is 0 Å². The van der Waals surface area contributed by atoms with Crippen LogP contribution in [0.2, 0.25) is 0 Å². The highest BCUT2D eigenvalue weighted by Gasteiger charge is 2.25. The molecule has 42 heavy (non-hydrogen) atoms. The molecule has 3 aromatic carbocycles. The lowest BCUT2D eigenvalue weighted by atomic mass is 10.1. The molecule has 2 heterocycles. The van der Waals surface area contributed by atoms with Gasteiger partial charge in [0.1, 0.15) is 0 Å². The van der Waals surface area contributed by atoms with E-state index >= 15 is 0 Å². The summed E-state index contributed by atoms with van der Waals surface area (Å²) < 4.78 is 0. The first-order valence-corrected chi connectivity index (χ1v) is 15.4. The molecule has 0 bridgehead atoms. The Balaban J connectivity index is 1.41. The molecule has 4 N–H and O–H groups in total. The number of hydrogen-bond acceptors (Lipinski definition) is 8. The fraction of sp³-hybridized carbons (Fsp3) is 0.188. The van der Waals surface area contributed by atoms with Crippen molar-refractivity contribution in [3.05, 3.63) is 108 Å². The monoisotopic (exact) mass is 596 g/mol. The van der Waals surface area contributed by atoms with Crippen molar-refractivity contribution in [2.45, 2.75) is 12.8 Å². The van der Waals surface area contributed by atoms with Crippen LogP contribution in [0.5, 0.6) is 0 Å². The Morgan fingerprint density at radius 2 is 1.05 bits per heavy atom. The van der Waals surface area contributed by atoms with Crippen molar-refractivity contribution >= 4 is 44.8 Å². The van der Waals surface area contributed by atoms with Gasteiger partial charge in [0.25, 0.3) is 11.8 Å². The first-order valence-electron chi connectivity index (χ1n) is 13.8. The molecule has 0 saturated heterocycles. The zero-order valence-corrected chi connectivity index (χ0v) is 24.7. The van der Waals surface area contributed by atoms with Crippen LogP contribution >= 0.6 is 22.7 Å². The van der Waals surface area contributed by atoms with Gasteiger partial charge < -0.3 is 11.5 Å². The van der Waals surface area contributed by atoms with E-state index in [2.05, 4.69) is 9.97 Å². The van der Waals surface area contributed by atoms with Gasteiger partial charge in [0, 0.05) is 36.6 Å². The molecule has 0 unspecified atom stereocenters. The average molecular weight is 597 g/mol. The van der Waals surface area contributed by atoms with E-state index < -0.39 is 0 Å². The lowest BCUT2D eigenvalue weighted by molar-refractivity contribution is 0.0986. The average Bonchev–Trinajstić information content (AvgIpc) is 3.73. The van der Waals surface area contributed by atoms with E-state index in [0.717, 1.165) is 20.9 Å². The number of nitrogens with two attached hydrogens (primary N) is 2. The number of hydrogen-bond donors (Lipinski definition) is 2. The quantitative estimate of drug-likeness (QED) is 0.184. The number of aromatic nitrogens is 2. The predicted molar refractivity (Wildman–Crippen MR) is 172 cm³/mol. The maximum atomic E-state index is 13.8. The van der Waals surface area contributed by atoms with Gasteiger partial charge in [-0.2, -0.15) is 0 Å². The third-order valence-electron chi connectivity index (χ3n) is 6.58. The van der Waals surface area contributed by atoms with Crippen LogP contribution in [0.4, 0.5) is 10.3 Å². The number of carbonyl (C=O) groups excluding carboxylic acids is 2. The number of benzene rings is 3. The molecule has 0 aliphatic carbocycles. The Morgan fingerprint density at radius 3 is 1.45 bits per heavy atom. The molecule has 8 nitrogen and oxygen atoms in total. The van der Waals surface area contributed by atoms with Crippen LogP contribution in [-0.4, -0.2) is 48.0 Å². The van der Waals surface area contributed by atoms with Crippen molar-refractivity contribution in [1.82, 2.24) is 9.97 Å². The Bertz CT molecular complexity index is 1500. The molecule has 2 aromatic heterocycles. The summed E-state index contributed by atoms with van der Waals surface area (Å²) in [6.45, 7) is 1.71. The topological polar surface area (TPSA) is 118 Å². The van der Waals surface area contributed by atoms with Gasteiger partial charge in [0.2, 0.25) is 0 Å². The fourth-order valence-electron chi connectivity index (χ4n) is 4.41. The highest BCUT2D eigenvalue weighted by Crippen LogP contribution is 2.33. The lowest BCUT2D eigenvalue weighted by Gasteiger charge is -2.22. The normalized spacial score (nSPS) is 10.9. The molecule has 214 valence electrons. The Morgan fingerprint density at radius 1 is 0.619 bits per heavy atom. The van der Waals surface area contributed by atoms with Crippen LogP contribution in [0, 0.1) is 0 Å². The van der Waals surface area contributed by atoms with E-state index in [1.165, 1.54) is 22.7 Å². The third-order valence-corrected chi connectivity index (χ3v) is 8.72. The fourth-order valence-corrected chi connectivity index (χ4v) is 6.31. The van der Waals surface area contributed by atoms with Crippen LogP contribution in [0.1, 0.15) is 33.6 Å². The van der Waals surface area contributed by atoms with E-state index in [-0.39, 0.29) is 11.8 Å². The van der Waals surface area contributed by atoms with E-state index in [4.69, 9.17) is 11.5 Å². The van der Waals surface area contributed by atoms with Gasteiger partial charge in [-0.1, -0.05) is 89.4 Å². The lowest BCUT2D eigenvalue weighted by Crippen LogP contribution is -2.34. The maximum Gasteiger partial charge on any atom is 0.260 e. The minimum absolute atomic E-state index is 0.235. The second-order valence-corrected chi connectivity index (χ2v) is 11.5. The van der Waals surface area contributed by atoms with Gasteiger partial charge in [-0.15, -0.1) is 0 Å². The van der Waals surface area contributed by atoms with Gasteiger partial charge in [-0.3, -0.25) is 19.4 Å². The molecular formula is C32H32N6O2S2. The number of nitrogens with zero attached hydrogens (tertiary/aromatic N) is 4. The summed E-state index contributed by atoms with van der Waals surface area (Å²) in [4.78, 5) is 42.0. The smallest absolute Gasteiger partial charge is 0.260 e. The second-order valence-electron chi connectivity index (χ2n) is 9.53. The van der Waals surface area contributed by atoms with Crippen molar-refractivity contribution in [1.29, 1.82) is 0 Å². The molecule has 0 radical (unpaired) electrons. The molecule has 0 aliphatic rings. The Hall–Kier alpha value is -4.22. The minimum atomic E-state index is -0.235. The van der Waals surface area contributed by atoms with E-state index in [0.29, 0.717) is 60.4 Å². The first kappa shape index (κ1) is 29.3. The summed E-state index contributed by atoms with van der Waals surface area (Å²) in [5.41, 5.74) is 14.5. The van der Waals surface area contributed by atoms with E-state index in [1.54, 1.807) is 46.5 Å². The van der Waals surface area contributed by atoms with Crippen molar-refractivity contribution in [3.63, 3.8) is 0 Å². The number of rotatable bonds is 12. The number of carbonyl (C=O) groups is 2. The summed E-state index contributed by atoms with van der Waals surface area (Å²) in [5.74, 6) is -0.470. The van der Waals surface area contributed by atoms with Gasteiger partial charge in [0.15, 0.2) is 10.3 Å². The SMILES string of the molecule is NCCCN(C(=O)c1cccc(C(=O)N(CCCN)c2ncc(-c3ccccc3)s2)c1)c1ncc(-c2ccccc2)s1. The van der Waals surface area contributed by atoms with Gasteiger partial charge >= 0.3 is 0 Å². The third kappa shape index (κ3) is 6.80. The van der Waals surface area contributed by atoms with Crippen LogP contribution in [0.15, 0.2) is 97.3 Å². The van der Waals surface area contributed by atoms with Crippen molar-refractivity contribution in [3.8, 4) is 20.9 Å². The summed E-state index contributed by atoms with van der Waals surface area (Å²) in [6.07, 6.45) is 4.80. The summed E-state index contributed by atoms with van der Waals surface area (Å²) in [7, 11) is 0. The Labute approximate surface area is 253 Å². The van der Waals surface area contributed by atoms with Crippen molar-refractivity contribution < 1.29 is 9.59 Å². The molecule has 0 saturated carbocycles. The molecule has 5 rings (SSSR count). The Kier molecular flexibility index (Phi) is 9.83. The van der Waals surface area contributed by atoms with Gasteiger partial charge in [0.05, 0.1) is 9.75 Å². The number of thiazole rings is 2. The van der Waals surface area contributed by atoms with E-state index in [1.807, 2.05) is 60.7 Å². The summed E-state index contributed by atoms with van der Waals surface area (Å²) in [6, 6.07) is 26.7. The molecule has 2 amide bonds. The largest absolute Gasteiger partial charge is 0.330 e. The van der Waals surface area contributed by atoms with Crippen LogP contribution in [0.3, 0.4) is 0 Å². The van der Waals surface area contributed by atoms with Crippen molar-refractivity contribution in [2.24, 2.45) is 11.5 Å². The second kappa shape index (κ2) is 14.1. The molecular weight excluding hydrogens is 565 g/mol. The molecule has 0 aliphatic heterocycles. The zero-order valence-electron chi connectivity index (χ0n) is 23.1. The van der Waals surface area contributed by atoms with Crippen molar-refractivity contribution in [2.75, 3.05) is 36.0 Å². The maximum absolute atomic E-state index is 13.8. The highest BCUT2D eigenvalue weighted by molar-refractivity contribution is 7.19. The highest BCUT2D eigenvalue weighted by atomic mass is 32.1. The van der Waals surface area contributed by atoms with Crippen LogP contribution < -0.4 is 21.3 Å². The van der Waals surface area contributed by atoms with Crippen LogP contribution in [0.25, 0.3) is 20.9 Å². The van der Waals surface area contributed by atoms with Gasteiger partial charge in [-0.25, -0.2) is 9.97 Å². The first-order chi connectivity index (χ1) is 20.6. The number of anilines is 2. The number of amides is 2. The molecule has 10 heteroatoms. The molecule has 5 aromatic rings. The summed E-state index contributed by atoms with van der Waals surface area (Å²) in [5, 5.41) is 1.18. The molecule has 0 fully saturated rings. The molecule has 0 spiro atoms. The minimum Gasteiger partial charge on any atom is -0.330 e.